The van der Waals surface area contributed by atoms with E-state index in [1.54, 1.807) is 12.1 Å². The predicted molar refractivity (Wildman–Crippen MR) is 59.3 cm³/mol. The Labute approximate surface area is 83.9 Å². The Morgan fingerprint density at radius 1 is 1.50 bits per heavy atom. The fourth-order valence-corrected chi connectivity index (χ4v) is 0.894. The summed E-state index contributed by atoms with van der Waals surface area (Å²) in [5.41, 5.74) is 6.91. The first-order chi connectivity index (χ1) is 6.65. The standard InChI is InChI=1S/C9H9NO2.C2H6/c1-2-6-3-4-7(9(11)12)5-8(6)10;1-2/h2-5H,1,10H2,(H,11,12);1-2H3. The molecule has 1 aromatic carbocycles. The Balaban J connectivity index is 0.000000791. The second-order valence-electron chi connectivity index (χ2n) is 2.35. The van der Waals surface area contributed by atoms with Crippen molar-refractivity contribution >= 4 is 17.7 Å². The van der Waals surface area contributed by atoms with Crippen molar-refractivity contribution in [3.63, 3.8) is 0 Å². The van der Waals surface area contributed by atoms with E-state index in [1.807, 2.05) is 13.8 Å². The van der Waals surface area contributed by atoms with Gasteiger partial charge in [-0.25, -0.2) is 4.79 Å². The summed E-state index contributed by atoms with van der Waals surface area (Å²) in [5.74, 6) is -0.975. The molecular formula is C11H15NO2. The lowest BCUT2D eigenvalue weighted by atomic mass is 10.1. The molecule has 0 aromatic heterocycles. The second-order valence-corrected chi connectivity index (χ2v) is 2.35. The van der Waals surface area contributed by atoms with E-state index in [0.717, 1.165) is 5.56 Å². The highest BCUT2D eigenvalue weighted by Crippen LogP contribution is 2.14. The number of carboxylic acids is 1. The van der Waals surface area contributed by atoms with Crippen molar-refractivity contribution < 1.29 is 9.90 Å². The van der Waals surface area contributed by atoms with Gasteiger partial charge in [0.1, 0.15) is 0 Å². The molecule has 1 aromatic rings. The summed E-state index contributed by atoms with van der Waals surface area (Å²) in [6.07, 6.45) is 1.58. The van der Waals surface area contributed by atoms with E-state index in [-0.39, 0.29) is 5.56 Å². The zero-order valence-corrected chi connectivity index (χ0v) is 8.45. The highest BCUT2D eigenvalue weighted by molar-refractivity contribution is 5.89. The average Bonchev–Trinajstić information content (AvgIpc) is 2.20. The molecule has 14 heavy (non-hydrogen) atoms. The lowest BCUT2D eigenvalue weighted by molar-refractivity contribution is 0.0697. The highest BCUT2D eigenvalue weighted by atomic mass is 16.4. The van der Waals surface area contributed by atoms with Gasteiger partial charge in [0.2, 0.25) is 0 Å². The summed E-state index contributed by atoms with van der Waals surface area (Å²) in [4.78, 5) is 10.5. The van der Waals surface area contributed by atoms with Gasteiger partial charge in [0, 0.05) is 5.69 Å². The second kappa shape index (κ2) is 5.80. The quantitative estimate of drug-likeness (QED) is 0.710. The molecule has 76 valence electrons. The van der Waals surface area contributed by atoms with Crippen LogP contribution in [-0.4, -0.2) is 11.1 Å². The SMILES string of the molecule is C=Cc1ccc(C(=O)O)cc1N.CC. The molecule has 0 aliphatic heterocycles. The van der Waals surface area contributed by atoms with Crippen LogP contribution < -0.4 is 5.73 Å². The molecular weight excluding hydrogens is 178 g/mol. The van der Waals surface area contributed by atoms with Crippen LogP contribution in [0.4, 0.5) is 5.69 Å². The Morgan fingerprint density at radius 2 is 2.07 bits per heavy atom. The average molecular weight is 193 g/mol. The van der Waals surface area contributed by atoms with Gasteiger partial charge < -0.3 is 10.8 Å². The van der Waals surface area contributed by atoms with Crippen LogP contribution in [0.2, 0.25) is 0 Å². The van der Waals surface area contributed by atoms with Gasteiger partial charge in [0.25, 0.3) is 0 Å². The molecule has 0 radical (unpaired) electrons. The summed E-state index contributed by atoms with van der Waals surface area (Å²) in [5, 5.41) is 8.59. The number of anilines is 1. The van der Waals surface area contributed by atoms with Crippen LogP contribution in [0.25, 0.3) is 6.08 Å². The van der Waals surface area contributed by atoms with Gasteiger partial charge in [-0.15, -0.1) is 0 Å². The number of benzene rings is 1. The molecule has 0 bridgehead atoms. The first-order valence-electron chi connectivity index (χ1n) is 4.40. The molecule has 0 saturated carbocycles. The molecule has 3 nitrogen and oxygen atoms in total. The molecule has 0 amide bonds. The minimum atomic E-state index is -0.975. The van der Waals surface area contributed by atoms with Crippen molar-refractivity contribution in [2.24, 2.45) is 0 Å². The molecule has 0 heterocycles. The zero-order chi connectivity index (χ0) is 11.1. The fourth-order valence-electron chi connectivity index (χ4n) is 0.894. The molecule has 3 N–H and O–H groups in total. The molecule has 0 aliphatic rings. The number of aromatic carboxylic acids is 1. The summed E-state index contributed by atoms with van der Waals surface area (Å²) >= 11 is 0. The molecule has 0 atom stereocenters. The van der Waals surface area contributed by atoms with Crippen LogP contribution in [0.1, 0.15) is 29.8 Å². The van der Waals surface area contributed by atoms with Gasteiger partial charge in [0.15, 0.2) is 0 Å². The van der Waals surface area contributed by atoms with Crippen molar-refractivity contribution in [2.75, 3.05) is 5.73 Å². The van der Waals surface area contributed by atoms with Crippen LogP contribution in [0, 0.1) is 0 Å². The minimum absolute atomic E-state index is 0.193. The van der Waals surface area contributed by atoms with Gasteiger partial charge >= 0.3 is 5.97 Å². The number of hydrogen-bond donors (Lipinski definition) is 2. The number of nitrogen functional groups attached to an aromatic ring is 1. The number of hydrogen-bond acceptors (Lipinski definition) is 2. The maximum Gasteiger partial charge on any atom is 0.335 e. The first kappa shape index (κ1) is 12.2. The maximum absolute atomic E-state index is 10.5. The minimum Gasteiger partial charge on any atom is -0.478 e. The predicted octanol–water partition coefficient (Wildman–Crippen LogP) is 2.64. The lowest BCUT2D eigenvalue weighted by Crippen LogP contribution is -1.98. The lowest BCUT2D eigenvalue weighted by Gasteiger charge is -2.00. The number of rotatable bonds is 2. The third-order valence-corrected chi connectivity index (χ3v) is 1.55. The van der Waals surface area contributed by atoms with Crippen molar-refractivity contribution in [2.45, 2.75) is 13.8 Å². The van der Waals surface area contributed by atoms with Gasteiger partial charge in [-0.05, 0) is 17.7 Å². The van der Waals surface area contributed by atoms with Gasteiger partial charge in [-0.3, -0.25) is 0 Å². The van der Waals surface area contributed by atoms with E-state index < -0.39 is 5.97 Å². The number of carbonyl (C=O) groups is 1. The zero-order valence-electron chi connectivity index (χ0n) is 8.45. The van der Waals surface area contributed by atoms with E-state index in [4.69, 9.17) is 10.8 Å². The fraction of sp³-hybridized carbons (Fsp3) is 0.182. The summed E-state index contributed by atoms with van der Waals surface area (Å²) in [7, 11) is 0. The van der Waals surface area contributed by atoms with Crippen LogP contribution in [0.5, 0.6) is 0 Å². The normalized spacial score (nSPS) is 8.43. The molecule has 0 fully saturated rings. The smallest absolute Gasteiger partial charge is 0.335 e. The summed E-state index contributed by atoms with van der Waals surface area (Å²) in [6.45, 7) is 7.54. The molecule has 0 spiro atoms. The molecule has 0 unspecified atom stereocenters. The Bertz CT molecular complexity index is 332. The Hall–Kier alpha value is -1.77. The van der Waals surface area contributed by atoms with Crippen LogP contribution in [0.15, 0.2) is 24.8 Å². The number of nitrogens with two attached hydrogens (primary N) is 1. The summed E-state index contributed by atoms with van der Waals surface area (Å²) in [6, 6.07) is 4.54. The Kier molecular flexibility index (Phi) is 5.07. The molecule has 0 aliphatic carbocycles. The van der Waals surface area contributed by atoms with E-state index in [0.29, 0.717) is 5.69 Å². The van der Waals surface area contributed by atoms with Gasteiger partial charge in [-0.1, -0.05) is 32.6 Å². The van der Waals surface area contributed by atoms with E-state index in [9.17, 15) is 4.79 Å². The largest absolute Gasteiger partial charge is 0.478 e. The van der Waals surface area contributed by atoms with E-state index in [1.165, 1.54) is 12.1 Å². The van der Waals surface area contributed by atoms with Gasteiger partial charge in [0.05, 0.1) is 5.56 Å². The monoisotopic (exact) mass is 193 g/mol. The van der Waals surface area contributed by atoms with Crippen molar-refractivity contribution in [3.05, 3.63) is 35.9 Å². The molecule has 1 rings (SSSR count). The van der Waals surface area contributed by atoms with Crippen molar-refractivity contribution in [1.29, 1.82) is 0 Å². The van der Waals surface area contributed by atoms with E-state index >= 15 is 0 Å². The third kappa shape index (κ3) is 2.94. The van der Waals surface area contributed by atoms with Crippen molar-refractivity contribution in [1.82, 2.24) is 0 Å². The van der Waals surface area contributed by atoms with Crippen LogP contribution >= 0.6 is 0 Å². The van der Waals surface area contributed by atoms with Crippen LogP contribution in [-0.2, 0) is 0 Å². The number of carboxylic acid groups (broad SMARTS) is 1. The third-order valence-electron chi connectivity index (χ3n) is 1.55. The van der Waals surface area contributed by atoms with Crippen molar-refractivity contribution in [3.8, 4) is 0 Å². The first-order valence-corrected chi connectivity index (χ1v) is 4.40. The topological polar surface area (TPSA) is 63.3 Å². The summed E-state index contributed by atoms with van der Waals surface area (Å²) < 4.78 is 0. The highest BCUT2D eigenvalue weighted by Gasteiger charge is 2.03. The molecule has 0 saturated heterocycles. The van der Waals surface area contributed by atoms with E-state index in [2.05, 4.69) is 6.58 Å². The molecule has 3 heteroatoms. The van der Waals surface area contributed by atoms with Gasteiger partial charge in [-0.2, -0.15) is 0 Å². The maximum atomic E-state index is 10.5. The van der Waals surface area contributed by atoms with Crippen LogP contribution in [0.3, 0.4) is 0 Å². The Morgan fingerprint density at radius 3 is 2.43 bits per heavy atom.